The molecule has 0 saturated carbocycles. The van der Waals surface area contributed by atoms with Crippen LogP contribution in [0.15, 0.2) is 78.9 Å². The van der Waals surface area contributed by atoms with Crippen LogP contribution in [0.3, 0.4) is 0 Å². The predicted octanol–water partition coefficient (Wildman–Crippen LogP) is 6.03. The summed E-state index contributed by atoms with van der Waals surface area (Å²) >= 11 is 5.89. The highest BCUT2D eigenvalue weighted by Gasteiger charge is 2.15. The Morgan fingerprint density at radius 1 is 0.938 bits per heavy atom. The summed E-state index contributed by atoms with van der Waals surface area (Å²) in [7, 11) is 0. The SMILES string of the molecule is Cc1nn(Cc2ccccc2)c(C)c1NC(=O)c1ccc(COc2ccc(Cl)cc2)cc1. The molecule has 0 bridgehead atoms. The minimum Gasteiger partial charge on any atom is -0.489 e. The molecule has 0 unspecified atom stereocenters. The van der Waals surface area contributed by atoms with Crippen molar-refractivity contribution in [1.29, 1.82) is 0 Å². The second kappa shape index (κ2) is 9.71. The first kappa shape index (κ1) is 21.7. The number of nitrogens with one attached hydrogen (secondary N) is 1. The molecule has 162 valence electrons. The fourth-order valence-corrected chi connectivity index (χ4v) is 3.55. The van der Waals surface area contributed by atoms with Crippen LogP contribution in [0.5, 0.6) is 5.75 Å². The van der Waals surface area contributed by atoms with Crippen molar-refractivity contribution >= 4 is 23.2 Å². The van der Waals surface area contributed by atoms with E-state index in [1.807, 2.05) is 61.0 Å². The van der Waals surface area contributed by atoms with Gasteiger partial charge in [0.05, 0.1) is 23.6 Å². The van der Waals surface area contributed by atoms with Gasteiger partial charge in [-0.2, -0.15) is 5.10 Å². The highest BCUT2D eigenvalue weighted by atomic mass is 35.5. The summed E-state index contributed by atoms with van der Waals surface area (Å²) < 4.78 is 7.67. The number of aryl methyl sites for hydroxylation is 1. The van der Waals surface area contributed by atoms with Gasteiger partial charge in [0.2, 0.25) is 0 Å². The first-order chi connectivity index (χ1) is 15.5. The van der Waals surface area contributed by atoms with Crippen LogP contribution in [-0.4, -0.2) is 15.7 Å². The smallest absolute Gasteiger partial charge is 0.255 e. The number of nitrogens with zero attached hydrogens (tertiary/aromatic N) is 2. The Morgan fingerprint density at radius 2 is 1.62 bits per heavy atom. The molecule has 1 aromatic heterocycles. The minimum atomic E-state index is -0.166. The maximum Gasteiger partial charge on any atom is 0.255 e. The molecular weight excluding hydrogens is 422 g/mol. The van der Waals surface area contributed by atoms with Crippen LogP contribution in [0.1, 0.15) is 32.9 Å². The molecule has 1 N–H and O–H groups in total. The number of ether oxygens (including phenoxy) is 1. The van der Waals surface area contributed by atoms with Crippen molar-refractivity contribution < 1.29 is 9.53 Å². The number of carbonyl (C=O) groups excluding carboxylic acids is 1. The van der Waals surface area contributed by atoms with Crippen LogP contribution in [0, 0.1) is 13.8 Å². The lowest BCUT2D eigenvalue weighted by Crippen LogP contribution is -2.13. The van der Waals surface area contributed by atoms with Crippen LogP contribution in [0.4, 0.5) is 5.69 Å². The van der Waals surface area contributed by atoms with Crippen LogP contribution in [0.2, 0.25) is 5.02 Å². The number of hydrogen-bond acceptors (Lipinski definition) is 3. The van der Waals surface area contributed by atoms with Crippen LogP contribution >= 0.6 is 11.6 Å². The first-order valence-corrected chi connectivity index (χ1v) is 10.7. The van der Waals surface area contributed by atoms with E-state index in [2.05, 4.69) is 22.5 Å². The lowest BCUT2D eigenvalue weighted by molar-refractivity contribution is 0.102. The zero-order valence-electron chi connectivity index (χ0n) is 18.0. The summed E-state index contributed by atoms with van der Waals surface area (Å²) in [5.74, 6) is 0.579. The van der Waals surface area contributed by atoms with Gasteiger partial charge in [0.1, 0.15) is 12.4 Å². The Labute approximate surface area is 192 Å². The fraction of sp³-hybridized carbons (Fsp3) is 0.154. The quantitative estimate of drug-likeness (QED) is 0.377. The molecule has 1 heterocycles. The monoisotopic (exact) mass is 445 g/mol. The van der Waals surface area contributed by atoms with Crippen LogP contribution in [0.25, 0.3) is 0 Å². The first-order valence-electron chi connectivity index (χ1n) is 10.4. The topological polar surface area (TPSA) is 56.2 Å². The van der Waals surface area contributed by atoms with Crippen molar-refractivity contribution in [1.82, 2.24) is 9.78 Å². The second-order valence-corrected chi connectivity index (χ2v) is 8.02. The fourth-order valence-electron chi connectivity index (χ4n) is 3.42. The van der Waals surface area contributed by atoms with Crippen molar-refractivity contribution in [2.75, 3.05) is 5.32 Å². The third-order valence-electron chi connectivity index (χ3n) is 5.23. The minimum absolute atomic E-state index is 0.166. The number of aromatic nitrogens is 2. The molecule has 32 heavy (non-hydrogen) atoms. The molecule has 4 rings (SSSR count). The number of rotatable bonds is 7. The number of halogens is 1. The molecule has 0 radical (unpaired) electrons. The standard InChI is InChI=1S/C26H24ClN3O2/c1-18-25(19(2)30(29-18)16-20-6-4-3-5-7-20)28-26(31)22-10-8-21(9-11-22)17-32-24-14-12-23(27)13-15-24/h3-15H,16-17H2,1-2H3,(H,28,31). The van der Waals surface area contributed by atoms with Crippen LogP contribution in [-0.2, 0) is 13.2 Å². The molecule has 0 spiro atoms. The van der Waals surface area contributed by atoms with E-state index >= 15 is 0 Å². The Balaban J connectivity index is 1.40. The zero-order valence-corrected chi connectivity index (χ0v) is 18.8. The van der Waals surface area contributed by atoms with Crippen molar-refractivity contribution in [2.45, 2.75) is 27.0 Å². The van der Waals surface area contributed by atoms with Crippen molar-refractivity contribution in [3.63, 3.8) is 0 Å². The number of benzene rings is 3. The molecular formula is C26H24ClN3O2. The predicted molar refractivity (Wildman–Crippen MR) is 127 cm³/mol. The van der Waals surface area contributed by atoms with Crippen molar-refractivity contribution in [2.24, 2.45) is 0 Å². The van der Waals surface area contributed by atoms with E-state index in [0.29, 0.717) is 23.7 Å². The van der Waals surface area contributed by atoms with Gasteiger partial charge in [0.15, 0.2) is 0 Å². The summed E-state index contributed by atoms with van der Waals surface area (Å²) in [6.07, 6.45) is 0. The van der Waals surface area contributed by atoms with E-state index in [9.17, 15) is 4.79 Å². The summed E-state index contributed by atoms with van der Waals surface area (Å²) in [4.78, 5) is 12.8. The largest absolute Gasteiger partial charge is 0.489 e. The molecule has 5 nitrogen and oxygen atoms in total. The molecule has 0 aliphatic heterocycles. The highest BCUT2D eigenvalue weighted by Crippen LogP contribution is 2.22. The Bertz CT molecular complexity index is 1200. The van der Waals surface area contributed by atoms with Crippen molar-refractivity contribution in [3.8, 4) is 5.75 Å². The Morgan fingerprint density at radius 3 is 2.31 bits per heavy atom. The molecule has 0 fully saturated rings. The lowest BCUT2D eigenvalue weighted by Gasteiger charge is -2.09. The summed E-state index contributed by atoms with van der Waals surface area (Å²) in [5, 5.41) is 8.29. The maximum atomic E-state index is 12.8. The van der Waals surface area contributed by atoms with Gasteiger partial charge in [-0.1, -0.05) is 54.1 Å². The second-order valence-electron chi connectivity index (χ2n) is 7.58. The average Bonchev–Trinajstić information content (AvgIpc) is 3.07. The van der Waals surface area contributed by atoms with E-state index in [0.717, 1.165) is 34.0 Å². The number of hydrogen-bond donors (Lipinski definition) is 1. The van der Waals surface area contributed by atoms with Gasteiger partial charge in [0.25, 0.3) is 5.91 Å². The van der Waals surface area contributed by atoms with Gasteiger partial charge in [-0.15, -0.1) is 0 Å². The summed E-state index contributed by atoms with van der Waals surface area (Å²) in [6, 6.07) is 24.7. The molecule has 0 aliphatic carbocycles. The number of amides is 1. The zero-order chi connectivity index (χ0) is 22.5. The van der Waals surface area contributed by atoms with Gasteiger partial charge >= 0.3 is 0 Å². The molecule has 0 saturated heterocycles. The molecule has 0 atom stereocenters. The molecule has 3 aromatic carbocycles. The summed E-state index contributed by atoms with van der Waals surface area (Å²) in [5.41, 5.74) is 5.18. The van der Waals surface area contributed by atoms with E-state index in [-0.39, 0.29) is 5.91 Å². The average molecular weight is 446 g/mol. The van der Waals surface area contributed by atoms with Gasteiger partial charge in [0, 0.05) is 10.6 Å². The molecule has 4 aromatic rings. The van der Waals surface area contributed by atoms with Gasteiger partial charge in [-0.25, -0.2) is 0 Å². The summed E-state index contributed by atoms with van der Waals surface area (Å²) in [6.45, 7) is 4.94. The lowest BCUT2D eigenvalue weighted by atomic mass is 10.1. The van der Waals surface area contributed by atoms with Crippen LogP contribution < -0.4 is 10.1 Å². The van der Waals surface area contributed by atoms with E-state index in [1.54, 1.807) is 24.3 Å². The number of anilines is 1. The third-order valence-corrected chi connectivity index (χ3v) is 5.48. The van der Waals surface area contributed by atoms with Gasteiger partial charge in [-0.3, -0.25) is 9.48 Å². The normalized spacial score (nSPS) is 10.7. The molecule has 6 heteroatoms. The van der Waals surface area contributed by atoms with E-state index in [1.165, 1.54) is 0 Å². The molecule has 1 amide bonds. The number of carbonyl (C=O) groups is 1. The molecule has 0 aliphatic rings. The van der Waals surface area contributed by atoms with E-state index < -0.39 is 0 Å². The third kappa shape index (κ3) is 5.18. The highest BCUT2D eigenvalue weighted by molar-refractivity contribution is 6.30. The van der Waals surface area contributed by atoms with Gasteiger partial charge < -0.3 is 10.1 Å². The Hall–Kier alpha value is -3.57. The van der Waals surface area contributed by atoms with E-state index in [4.69, 9.17) is 16.3 Å². The van der Waals surface area contributed by atoms with Gasteiger partial charge in [-0.05, 0) is 61.4 Å². The van der Waals surface area contributed by atoms with Crippen molar-refractivity contribution in [3.05, 3.63) is 112 Å². The maximum absolute atomic E-state index is 12.8. The Kier molecular flexibility index (Phi) is 6.57.